The maximum Gasteiger partial charge on any atom is 0.393 e. The van der Waals surface area contributed by atoms with Gasteiger partial charge in [0.05, 0.1) is 12.5 Å². The van der Waals surface area contributed by atoms with Crippen LogP contribution in [0, 0.1) is 11.7 Å². The van der Waals surface area contributed by atoms with Gasteiger partial charge in [0.25, 0.3) is 0 Å². The number of alkyl halides is 3. The summed E-state index contributed by atoms with van der Waals surface area (Å²) >= 11 is 0. The Morgan fingerprint density at radius 3 is 2.67 bits per heavy atom. The average Bonchev–Trinajstić information content (AvgIpc) is 2.41. The van der Waals surface area contributed by atoms with Crippen LogP contribution in [0.3, 0.4) is 0 Å². The van der Waals surface area contributed by atoms with Crippen LogP contribution in [0.25, 0.3) is 0 Å². The van der Waals surface area contributed by atoms with Crippen LogP contribution in [0.4, 0.5) is 17.6 Å². The number of piperidine rings is 1. The molecule has 1 fully saturated rings. The molecule has 1 aliphatic rings. The van der Waals surface area contributed by atoms with E-state index in [1.54, 1.807) is 6.07 Å². The van der Waals surface area contributed by atoms with Gasteiger partial charge < -0.3 is 0 Å². The maximum absolute atomic E-state index is 13.4. The minimum atomic E-state index is -4.22. The van der Waals surface area contributed by atoms with Gasteiger partial charge in [0.2, 0.25) is 0 Å². The van der Waals surface area contributed by atoms with Gasteiger partial charge >= 0.3 is 6.18 Å². The SMILES string of the molecule is O=C(Cc1ccccc1F)CN1CCCC(C(F)(F)F)C1. The molecule has 0 spiro atoms. The molecule has 1 unspecified atom stereocenters. The number of nitrogens with zero attached hydrogens (tertiary/aromatic N) is 1. The molecule has 1 saturated heterocycles. The van der Waals surface area contributed by atoms with Crippen molar-refractivity contribution in [2.24, 2.45) is 5.92 Å². The minimum Gasteiger partial charge on any atom is -0.298 e. The molecule has 1 aromatic rings. The van der Waals surface area contributed by atoms with E-state index in [0.717, 1.165) is 0 Å². The lowest BCUT2D eigenvalue weighted by molar-refractivity contribution is -0.187. The van der Waals surface area contributed by atoms with Crippen molar-refractivity contribution in [3.8, 4) is 0 Å². The molecular formula is C15H17F4NO. The minimum absolute atomic E-state index is 0.0546. The molecule has 0 amide bonds. The van der Waals surface area contributed by atoms with Gasteiger partial charge in [-0.3, -0.25) is 9.69 Å². The first-order chi connectivity index (χ1) is 9.86. The van der Waals surface area contributed by atoms with Crippen LogP contribution in [0.1, 0.15) is 18.4 Å². The Labute approximate surface area is 120 Å². The normalized spacial score (nSPS) is 20.5. The Hall–Kier alpha value is -1.43. The van der Waals surface area contributed by atoms with Gasteiger partial charge in [-0.1, -0.05) is 18.2 Å². The van der Waals surface area contributed by atoms with E-state index < -0.39 is 17.9 Å². The molecule has 21 heavy (non-hydrogen) atoms. The molecule has 0 aromatic heterocycles. The van der Waals surface area contributed by atoms with Crippen molar-refractivity contribution >= 4 is 5.78 Å². The van der Waals surface area contributed by atoms with Crippen LogP contribution >= 0.6 is 0 Å². The highest BCUT2D eigenvalue weighted by molar-refractivity contribution is 5.82. The predicted octanol–water partition coefficient (Wildman–Crippen LogP) is 3.21. The lowest BCUT2D eigenvalue weighted by Crippen LogP contribution is -2.43. The second kappa shape index (κ2) is 6.56. The molecule has 2 rings (SSSR count). The van der Waals surface area contributed by atoms with E-state index >= 15 is 0 Å². The number of hydrogen-bond acceptors (Lipinski definition) is 2. The lowest BCUT2D eigenvalue weighted by Gasteiger charge is -2.33. The molecule has 0 N–H and O–H groups in total. The van der Waals surface area contributed by atoms with Crippen LogP contribution < -0.4 is 0 Å². The van der Waals surface area contributed by atoms with E-state index in [9.17, 15) is 22.4 Å². The zero-order valence-electron chi connectivity index (χ0n) is 11.5. The summed E-state index contributed by atoms with van der Waals surface area (Å²) in [5.41, 5.74) is 0.284. The highest BCUT2D eigenvalue weighted by Gasteiger charge is 2.41. The third-order valence-electron chi connectivity index (χ3n) is 3.71. The number of carbonyl (C=O) groups excluding carboxylic acids is 1. The fraction of sp³-hybridized carbons (Fsp3) is 0.533. The Bertz CT molecular complexity index is 501. The summed E-state index contributed by atoms with van der Waals surface area (Å²) < 4.78 is 51.5. The van der Waals surface area contributed by atoms with Gasteiger partial charge in [-0.2, -0.15) is 13.2 Å². The number of halogens is 4. The largest absolute Gasteiger partial charge is 0.393 e. The molecule has 0 bridgehead atoms. The topological polar surface area (TPSA) is 20.3 Å². The van der Waals surface area contributed by atoms with Gasteiger partial charge in [0.1, 0.15) is 5.82 Å². The lowest BCUT2D eigenvalue weighted by atomic mass is 9.97. The van der Waals surface area contributed by atoms with Gasteiger partial charge in [-0.15, -0.1) is 0 Å². The number of rotatable bonds is 4. The molecule has 1 aliphatic heterocycles. The zero-order chi connectivity index (χ0) is 15.5. The molecule has 6 heteroatoms. The second-order valence-corrected chi connectivity index (χ2v) is 5.42. The molecule has 1 atom stereocenters. The Morgan fingerprint density at radius 2 is 2.00 bits per heavy atom. The van der Waals surface area contributed by atoms with Crippen molar-refractivity contribution in [1.82, 2.24) is 4.90 Å². The fourth-order valence-corrected chi connectivity index (χ4v) is 2.63. The molecule has 2 nitrogen and oxygen atoms in total. The summed E-state index contributed by atoms with van der Waals surface area (Å²) in [6, 6.07) is 5.94. The van der Waals surface area contributed by atoms with Crippen molar-refractivity contribution in [2.45, 2.75) is 25.4 Å². The highest BCUT2D eigenvalue weighted by atomic mass is 19.4. The van der Waals surface area contributed by atoms with E-state index in [0.29, 0.717) is 13.0 Å². The van der Waals surface area contributed by atoms with Crippen molar-refractivity contribution in [3.63, 3.8) is 0 Å². The highest BCUT2D eigenvalue weighted by Crippen LogP contribution is 2.32. The second-order valence-electron chi connectivity index (χ2n) is 5.42. The number of ketones is 1. The molecule has 0 radical (unpaired) electrons. The molecular weight excluding hydrogens is 286 g/mol. The Balaban J connectivity index is 1.89. The maximum atomic E-state index is 13.4. The zero-order valence-corrected chi connectivity index (χ0v) is 11.5. The third kappa shape index (κ3) is 4.52. The van der Waals surface area contributed by atoms with Gasteiger partial charge in [-0.25, -0.2) is 4.39 Å². The summed E-state index contributed by atoms with van der Waals surface area (Å²) in [6.45, 7) is 0.281. The first kappa shape index (κ1) is 15.9. The number of benzene rings is 1. The first-order valence-electron chi connectivity index (χ1n) is 6.90. The monoisotopic (exact) mass is 303 g/mol. The molecule has 116 valence electrons. The molecule has 1 heterocycles. The standard InChI is InChI=1S/C15H17F4NO/c16-14-6-2-1-4-11(14)8-13(21)10-20-7-3-5-12(9-20)15(17,18)19/h1-2,4,6,12H,3,5,7-10H2. The summed E-state index contributed by atoms with van der Waals surface area (Å²) in [4.78, 5) is 13.4. The van der Waals surface area contributed by atoms with Crippen molar-refractivity contribution < 1.29 is 22.4 Å². The summed E-state index contributed by atoms with van der Waals surface area (Å²) in [6.07, 6.45) is -3.76. The van der Waals surface area contributed by atoms with Crippen LogP contribution in [0.2, 0.25) is 0 Å². The smallest absolute Gasteiger partial charge is 0.298 e. The molecule has 0 saturated carbocycles. The predicted molar refractivity (Wildman–Crippen MR) is 70.3 cm³/mol. The number of hydrogen-bond donors (Lipinski definition) is 0. The van der Waals surface area contributed by atoms with Crippen molar-refractivity contribution in [2.75, 3.05) is 19.6 Å². The van der Waals surface area contributed by atoms with E-state index in [4.69, 9.17) is 0 Å². The van der Waals surface area contributed by atoms with Gasteiger partial charge in [0, 0.05) is 13.0 Å². The molecule has 1 aromatic carbocycles. The van der Waals surface area contributed by atoms with Crippen molar-refractivity contribution in [3.05, 3.63) is 35.6 Å². The average molecular weight is 303 g/mol. The summed E-state index contributed by atoms with van der Waals surface area (Å²) in [5.74, 6) is -2.09. The van der Waals surface area contributed by atoms with Crippen molar-refractivity contribution in [1.29, 1.82) is 0 Å². The quantitative estimate of drug-likeness (QED) is 0.796. The Kier molecular flexibility index (Phi) is 4.98. The van der Waals surface area contributed by atoms with Gasteiger partial charge in [-0.05, 0) is 31.0 Å². The molecule has 0 aliphatic carbocycles. The number of likely N-dealkylation sites (tertiary alicyclic amines) is 1. The first-order valence-corrected chi connectivity index (χ1v) is 6.90. The Morgan fingerprint density at radius 1 is 1.29 bits per heavy atom. The van der Waals surface area contributed by atoms with Crippen LogP contribution in [0.15, 0.2) is 24.3 Å². The van der Waals surface area contributed by atoms with Crippen LogP contribution in [0.5, 0.6) is 0 Å². The number of Topliss-reactive ketones (excluding diaryl/α,β-unsaturated/α-hetero) is 1. The summed E-state index contributed by atoms with van der Waals surface area (Å²) in [7, 11) is 0. The van der Waals surface area contributed by atoms with Crippen LogP contribution in [-0.4, -0.2) is 36.5 Å². The van der Waals surface area contributed by atoms with Gasteiger partial charge in [0.15, 0.2) is 5.78 Å². The van der Waals surface area contributed by atoms with E-state index in [2.05, 4.69) is 0 Å². The number of carbonyl (C=O) groups is 1. The van der Waals surface area contributed by atoms with E-state index in [1.807, 2.05) is 0 Å². The van der Waals surface area contributed by atoms with Crippen LogP contribution in [-0.2, 0) is 11.2 Å². The third-order valence-corrected chi connectivity index (χ3v) is 3.71. The summed E-state index contributed by atoms with van der Waals surface area (Å²) in [5, 5.41) is 0. The van der Waals surface area contributed by atoms with E-state index in [-0.39, 0.29) is 37.3 Å². The van der Waals surface area contributed by atoms with E-state index in [1.165, 1.54) is 23.1 Å². The fourth-order valence-electron chi connectivity index (χ4n) is 2.63.